The maximum atomic E-state index is 14.2. The van der Waals surface area contributed by atoms with E-state index < -0.39 is 46.2 Å². The van der Waals surface area contributed by atoms with Crippen LogP contribution in [-0.2, 0) is 0 Å². The van der Waals surface area contributed by atoms with Crippen molar-refractivity contribution in [3.8, 4) is 0 Å². The lowest BCUT2D eigenvalue weighted by Gasteiger charge is -2.25. The van der Waals surface area contributed by atoms with E-state index in [1.54, 1.807) is 19.1 Å². The van der Waals surface area contributed by atoms with Gasteiger partial charge >= 0.3 is 0 Å². The first-order valence-electron chi connectivity index (χ1n) is 7.82. The topological polar surface area (TPSA) is 33.5 Å². The molecule has 0 aliphatic rings. The summed E-state index contributed by atoms with van der Waals surface area (Å²) in [5.74, 6) is -8.10. The molecule has 1 heterocycles. The monoisotopic (exact) mass is 365 g/mol. The molecule has 2 aromatic carbocycles. The van der Waals surface area contributed by atoms with Crippen molar-refractivity contribution >= 4 is 16.9 Å². The van der Waals surface area contributed by atoms with Gasteiger partial charge in [0, 0.05) is 7.05 Å². The first-order valence-corrected chi connectivity index (χ1v) is 7.82. The molecule has 0 aliphatic heterocycles. The van der Waals surface area contributed by atoms with Crippen molar-refractivity contribution in [2.75, 3.05) is 7.05 Å². The van der Waals surface area contributed by atoms with Gasteiger partial charge in [0.05, 0.1) is 17.0 Å². The Hall–Kier alpha value is -2.83. The zero-order chi connectivity index (χ0) is 19.2. The molecule has 1 atom stereocenters. The smallest absolute Gasteiger partial charge is 0.258 e. The molecular weight excluding hydrogens is 350 g/mol. The van der Waals surface area contributed by atoms with Crippen molar-refractivity contribution in [2.45, 2.75) is 19.9 Å². The quantitative estimate of drug-likeness (QED) is 0.366. The molecule has 1 aromatic heterocycles. The summed E-state index contributed by atoms with van der Waals surface area (Å²) in [6, 6.07) is 8.65. The van der Waals surface area contributed by atoms with Gasteiger partial charge in [0.2, 0.25) is 11.6 Å². The summed E-state index contributed by atoms with van der Waals surface area (Å²) in [5.41, 5.74) is -0.332. The number of carbonyl (C=O) groups excluding carboxylic acids is 1. The van der Waals surface area contributed by atoms with Gasteiger partial charge in [-0.25, -0.2) is 13.2 Å². The molecule has 3 aromatic rings. The van der Waals surface area contributed by atoms with Crippen molar-refractivity contribution in [1.29, 1.82) is 0 Å². The van der Waals surface area contributed by atoms with Crippen molar-refractivity contribution in [3.05, 3.63) is 70.5 Å². The van der Waals surface area contributed by atoms with Gasteiger partial charge in [-0.3, -0.25) is 4.79 Å². The summed E-state index contributed by atoms with van der Waals surface area (Å²) in [6.07, 6.45) is 0. The Morgan fingerprint density at radius 3 is 2.19 bits per heavy atom. The molecule has 0 fully saturated rings. The number of aryl methyl sites for hydroxylation is 1. The minimum Gasteiger partial charge on any atom is -0.457 e. The summed E-state index contributed by atoms with van der Waals surface area (Å²) in [6.45, 7) is 3.06. The highest BCUT2D eigenvalue weighted by Crippen LogP contribution is 2.35. The van der Waals surface area contributed by atoms with Crippen LogP contribution in [0.15, 0.2) is 34.7 Å². The minimum atomic E-state index is -1.98. The molecule has 3 rings (SSSR count). The van der Waals surface area contributed by atoms with E-state index in [4.69, 9.17) is 4.42 Å². The minimum absolute atomic E-state index is 0.125. The molecule has 1 amide bonds. The summed E-state index contributed by atoms with van der Waals surface area (Å²) in [5, 5.41) is -0.698. The number of nitrogens with zero attached hydrogens (tertiary/aromatic N) is 1. The van der Waals surface area contributed by atoms with E-state index in [0.29, 0.717) is 0 Å². The van der Waals surface area contributed by atoms with Crippen molar-refractivity contribution in [2.24, 2.45) is 0 Å². The van der Waals surface area contributed by atoms with Gasteiger partial charge in [0.15, 0.2) is 17.2 Å². The van der Waals surface area contributed by atoms with E-state index in [-0.39, 0.29) is 11.3 Å². The van der Waals surface area contributed by atoms with Crippen LogP contribution < -0.4 is 0 Å². The predicted octanol–water partition coefficient (Wildman–Crippen LogP) is 5.13. The van der Waals surface area contributed by atoms with Crippen LogP contribution in [0.2, 0.25) is 0 Å². The normalized spacial score (nSPS) is 12.4. The number of furan rings is 1. The van der Waals surface area contributed by atoms with E-state index in [2.05, 4.69) is 0 Å². The SMILES string of the molecule is Cc1oc2c(F)c(F)c(F)c(F)c2c1C(=O)N(C)C(C)c1ccccc1. The summed E-state index contributed by atoms with van der Waals surface area (Å²) < 4.78 is 60.3. The molecule has 0 saturated heterocycles. The Balaban J connectivity index is 2.13. The van der Waals surface area contributed by atoms with Gasteiger partial charge in [0.25, 0.3) is 5.91 Å². The van der Waals surface area contributed by atoms with Crippen LogP contribution in [0.1, 0.15) is 34.6 Å². The number of fused-ring (bicyclic) bond motifs is 1. The Morgan fingerprint density at radius 1 is 1.00 bits per heavy atom. The number of carbonyl (C=O) groups is 1. The third-order valence-corrected chi connectivity index (χ3v) is 4.48. The zero-order valence-corrected chi connectivity index (χ0v) is 14.2. The number of hydrogen-bond acceptors (Lipinski definition) is 2. The summed E-state index contributed by atoms with van der Waals surface area (Å²) in [4.78, 5) is 14.2. The van der Waals surface area contributed by atoms with Crippen LogP contribution in [0.3, 0.4) is 0 Å². The highest BCUT2D eigenvalue weighted by molar-refractivity contribution is 6.07. The molecule has 0 bridgehead atoms. The van der Waals surface area contributed by atoms with E-state index in [0.717, 1.165) is 5.56 Å². The third-order valence-electron chi connectivity index (χ3n) is 4.48. The van der Waals surface area contributed by atoms with Gasteiger partial charge in [-0.2, -0.15) is 4.39 Å². The largest absolute Gasteiger partial charge is 0.457 e. The Morgan fingerprint density at radius 2 is 1.58 bits per heavy atom. The molecule has 0 saturated carbocycles. The van der Waals surface area contributed by atoms with Crippen molar-refractivity contribution in [1.82, 2.24) is 4.90 Å². The Labute approximate surface area is 146 Å². The number of amides is 1. The molecular formula is C19H15F4NO2. The molecule has 0 radical (unpaired) electrons. The zero-order valence-electron chi connectivity index (χ0n) is 14.2. The number of halogens is 4. The maximum absolute atomic E-state index is 14.2. The van der Waals surface area contributed by atoms with Gasteiger partial charge in [0.1, 0.15) is 5.76 Å². The molecule has 136 valence electrons. The van der Waals surface area contributed by atoms with Crippen LogP contribution >= 0.6 is 0 Å². The van der Waals surface area contributed by atoms with Crippen LogP contribution in [0.4, 0.5) is 17.6 Å². The molecule has 0 spiro atoms. The van der Waals surface area contributed by atoms with Crippen LogP contribution in [0.25, 0.3) is 11.0 Å². The molecule has 3 nitrogen and oxygen atoms in total. The van der Waals surface area contributed by atoms with Crippen LogP contribution in [-0.4, -0.2) is 17.9 Å². The van der Waals surface area contributed by atoms with Gasteiger partial charge in [-0.1, -0.05) is 30.3 Å². The second kappa shape index (κ2) is 6.48. The Bertz CT molecular complexity index is 998. The standard InChI is InChI=1S/C19H15F4NO2/c1-9(11-7-5-4-6-8-11)24(3)19(25)12-10(2)26-18-13(12)14(20)15(21)16(22)17(18)23/h4-9H,1-3H3. The molecule has 0 N–H and O–H groups in total. The number of benzene rings is 2. The summed E-state index contributed by atoms with van der Waals surface area (Å²) >= 11 is 0. The highest BCUT2D eigenvalue weighted by atomic mass is 19.2. The van der Waals surface area contributed by atoms with Crippen molar-refractivity contribution in [3.63, 3.8) is 0 Å². The second-order valence-corrected chi connectivity index (χ2v) is 6.00. The van der Waals surface area contributed by atoms with Gasteiger partial charge in [-0.15, -0.1) is 0 Å². The number of rotatable bonds is 3. The number of hydrogen-bond donors (Lipinski definition) is 0. The molecule has 0 aliphatic carbocycles. The van der Waals surface area contributed by atoms with E-state index in [1.807, 2.05) is 18.2 Å². The summed E-state index contributed by atoms with van der Waals surface area (Å²) in [7, 11) is 1.48. The second-order valence-electron chi connectivity index (χ2n) is 6.00. The Kier molecular flexibility index (Phi) is 4.48. The van der Waals surface area contributed by atoms with Gasteiger partial charge in [-0.05, 0) is 19.4 Å². The molecule has 7 heteroatoms. The van der Waals surface area contributed by atoms with E-state index in [9.17, 15) is 22.4 Å². The lowest BCUT2D eigenvalue weighted by atomic mass is 10.0. The first kappa shape index (κ1) is 18.0. The first-order chi connectivity index (χ1) is 12.3. The highest BCUT2D eigenvalue weighted by Gasteiger charge is 2.32. The third kappa shape index (κ3) is 2.64. The average Bonchev–Trinajstić information content (AvgIpc) is 3.00. The lowest BCUT2D eigenvalue weighted by Crippen LogP contribution is -2.30. The molecule has 1 unspecified atom stereocenters. The fourth-order valence-electron chi connectivity index (χ4n) is 2.88. The van der Waals surface area contributed by atoms with E-state index >= 15 is 0 Å². The lowest BCUT2D eigenvalue weighted by molar-refractivity contribution is 0.0742. The van der Waals surface area contributed by atoms with E-state index in [1.165, 1.54) is 18.9 Å². The average molecular weight is 365 g/mol. The van der Waals surface area contributed by atoms with Gasteiger partial charge < -0.3 is 9.32 Å². The fraction of sp³-hybridized carbons (Fsp3) is 0.211. The fourth-order valence-corrected chi connectivity index (χ4v) is 2.88. The van der Waals surface area contributed by atoms with Crippen LogP contribution in [0, 0.1) is 30.2 Å². The van der Waals surface area contributed by atoms with Crippen LogP contribution in [0.5, 0.6) is 0 Å². The maximum Gasteiger partial charge on any atom is 0.258 e. The molecule has 26 heavy (non-hydrogen) atoms. The van der Waals surface area contributed by atoms with Crippen molar-refractivity contribution < 1.29 is 26.8 Å². The predicted molar refractivity (Wildman–Crippen MR) is 87.7 cm³/mol.